The van der Waals surface area contributed by atoms with E-state index in [0.717, 1.165) is 54.6 Å². The van der Waals surface area contributed by atoms with Gasteiger partial charge < -0.3 is 15.4 Å². The van der Waals surface area contributed by atoms with Crippen molar-refractivity contribution in [1.82, 2.24) is 15.6 Å². The van der Waals surface area contributed by atoms with Crippen LogP contribution in [-0.2, 0) is 6.42 Å². The van der Waals surface area contributed by atoms with Crippen LogP contribution in [0.2, 0.25) is 0 Å². The Morgan fingerprint density at radius 1 is 1.32 bits per heavy atom. The van der Waals surface area contributed by atoms with Gasteiger partial charge in [-0.1, -0.05) is 18.2 Å². The third kappa shape index (κ3) is 4.79. The molecule has 1 saturated carbocycles. The van der Waals surface area contributed by atoms with E-state index in [9.17, 15) is 0 Å². The van der Waals surface area contributed by atoms with Crippen LogP contribution in [0.3, 0.4) is 0 Å². The van der Waals surface area contributed by atoms with Crippen molar-refractivity contribution in [2.45, 2.75) is 57.1 Å². The van der Waals surface area contributed by atoms with Gasteiger partial charge in [0.15, 0.2) is 5.96 Å². The van der Waals surface area contributed by atoms with E-state index in [0.29, 0.717) is 0 Å². The summed E-state index contributed by atoms with van der Waals surface area (Å²) < 4.78 is 6.46. The number of hydrogen-bond acceptors (Lipinski definition) is 4. The van der Waals surface area contributed by atoms with Crippen LogP contribution in [0.4, 0.5) is 0 Å². The van der Waals surface area contributed by atoms with Gasteiger partial charge in [0.2, 0.25) is 0 Å². The minimum absolute atomic E-state index is 0. The number of fused-ring (bicyclic) bond motifs is 1. The highest BCUT2D eigenvalue weighted by Crippen LogP contribution is 2.46. The van der Waals surface area contributed by atoms with E-state index in [1.54, 1.807) is 11.3 Å². The monoisotopic (exact) mass is 512 g/mol. The molecule has 1 fully saturated rings. The zero-order chi connectivity index (χ0) is 18.7. The van der Waals surface area contributed by atoms with Gasteiger partial charge >= 0.3 is 0 Å². The smallest absolute Gasteiger partial charge is 0.191 e. The number of rotatable bonds is 4. The third-order valence-corrected chi connectivity index (χ3v) is 6.41. The summed E-state index contributed by atoms with van der Waals surface area (Å²) in [5.41, 5.74) is 2.36. The van der Waals surface area contributed by atoms with Crippen molar-refractivity contribution in [2.75, 3.05) is 13.6 Å². The maximum absolute atomic E-state index is 6.46. The molecular weight excluding hydrogens is 483 g/mol. The fraction of sp³-hybridized carbons (Fsp3) is 0.524. The van der Waals surface area contributed by atoms with Gasteiger partial charge in [-0.05, 0) is 38.7 Å². The molecular formula is C21H29IN4OS. The molecule has 152 valence electrons. The molecule has 1 spiro atoms. The van der Waals surface area contributed by atoms with Gasteiger partial charge in [0, 0.05) is 37.4 Å². The van der Waals surface area contributed by atoms with Crippen molar-refractivity contribution in [2.24, 2.45) is 4.99 Å². The van der Waals surface area contributed by atoms with Crippen LogP contribution in [0.5, 0.6) is 5.75 Å². The van der Waals surface area contributed by atoms with Gasteiger partial charge in [0.25, 0.3) is 0 Å². The van der Waals surface area contributed by atoms with E-state index < -0.39 is 0 Å². The molecule has 2 N–H and O–H groups in total. The Balaban J connectivity index is 0.00000225. The van der Waals surface area contributed by atoms with Gasteiger partial charge in [-0.2, -0.15) is 0 Å². The lowest BCUT2D eigenvalue weighted by Crippen LogP contribution is -2.47. The van der Waals surface area contributed by atoms with Crippen LogP contribution in [0.1, 0.15) is 54.4 Å². The van der Waals surface area contributed by atoms with Crippen molar-refractivity contribution < 1.29 is 4.74 Å². The second-order valence-corrected chi connectivity index (χ2v) is 8.60. The largest absolute Gasteiger partial charge is 0.487 e. The molecule has 1 atom stereocenters. The highest BCUT2D eigenvalue weighted by Gasteiger charge is 2.43. The lowest BCUT2D eigenvalue weighted by molar-refractivity contribution is 0.0396. The summed E-state index contributed by atoms with van der Waals surface area (Å²) in [7, 11) is 1.83. The van der Waals surface area contributed by atoms with Gasteiger partial charge in [-0.15, -0.1) is 35.3 Å². The van der Waals surface area contributed by atoms with Crippen molar-refractivity contribution in [3.05, 3.63) is 45.9 Å². The molecule has 1 aliphatic heterocycles. The van der Waals surface area contributed by atoms with Crippen LogP contribution < -0.4 is 15.4 Å². The van der Waals surface area contributed by atoms with Crippen molar-refractivity contribution in [3.63, 3.8) is 0 Å². The highest BCUT2D eigenvalue weighted by atomic mass is 127. The van der Waals surface area contributed by atoms with E-state index >= 15 is 0 Å². The fourth-order valence-corrected chi connectivity index (χ4v) is 4.91. The predicted octanol–water partition coefficient (Wildman–Crippen LogP) is 4.61. The maximum atomic E-state index is 6.46. The average molecular weight is 512 g/mol. The normalized spacial score (nSPS) is 20.2. The number of ether oxygens (including phenoxy) is 1. The molecule has 1 aromatic heterocycles. The van der Waals surface area contributed by atoms with Crippen molar-refractivity contribution in [3.8, 4) is 5.75 Å². The molecule has 7 heteroatoms. The Morgan fingerprint density at radius 2 is 2.11 bits per heavy atom. The zero-order valence-electron chi connectivity index (χ0n) is 16.5. The number of hydrogen-bond donors (Lipinski definition) is 2. The number of guanidine groups is 1. The average Bonchev–Trinajstić information content (AvgIpc) is 3.29. The topological polar surface area (TPSA) is 58.5 Å². The van der Waals surface area contributed by atoms with Crippen LogP contribution in [0, 0.1) is 6.92 Å². The number of para-hydroxylation sites is 1. The van der Waals surface area contributed by atoms with Gasteiger partial charge in [0.1, 0.15) is 11.4 Å². The predicted molar refractivity (Wildman–Crippen MR) is 126 cm³/mol. The lowest BCUT2D eigenvalue weighted by atomic mass is 9.86. The number of aryl methyl sites for hydroxylation is 1. The molecule has 0 saturated heterocycles. The summed E-state index contributed by atoms with van der Waals surface area (Å²) in [6.07, 6.45) is 6.71. The van der Waals surface area contributed by atoms with E-state index in [4.69, 9.17) is 4.74 Å². The van der Waals surface area contributed by atoms with E-state index in [1.807, 2.05) is 14.0 Å². The molecule has 0 radical (unpaired) electrons. The number of nitrogens with zero attached hydrogens (tertiary/aromatic N) is 2. The first kappa shape index (κ1) is 21.4. The Morgan fingerprint density at radius 3 is 2.82 bits per heavy atom. The third-order valence-electron chi connectivity index (χ3n) is 5.59. The molecule has 2 aliphatic rings. The summed E-state index contributed by atoms with van der Waals surface area (Å²) in [6, 6.07) is 8.64. The minimum atomic E-state index is -0.0109. The van der Waals surface area contributed by atoms with E-state index in [1.165, 1.54) is 18.4 Å². The molecule has 1 aliphatic carbocycles. The maximum Gasteiger partial charge on any atom is 0.191 e. The fourth-order valence-electron chi connectivity index (χ4n) is 4.26. The van der Waals surface area contributed by atoms with Crippen molar-refractivity contribution >= 4 is 41.3 Å². The molecule has 4 rings (SSSR count). The molecule has 0 amide bonds. The SMILES string of the molecule is CN=C(NCCc1csc(C)n1)NC1CC2(CCCC2)Oc2ccccc21.I. The van der Waals surface area contributed by atoms with Gasteiger partial charge in [-0.3, -0.25) is 4.99 Å². The second-order valence-electron chi connectivity index (χ2n) is 7.54. The molecule has 2 aromatic rings. The van der Waals surface area contributed by atoms with Gasteiger partial charge in [0.05, 0.1) is 16.7 Å². The lowest BCUT2D eigenvalue weighted by Gasteiger charge is -2.40. The molecule has 1 unspecified atom stereocenters. The highest BCUT2D eigenvalue weighted by molar-refractivity contribution is 14.0. The molecule has 2 heterocycles. The molecule has 5 nitrogen and oxygen atoms in total. The minimum Gasteiger partial charge on any atom is -0.487 e. The summed E-state index contributed by atoms with van der Waals surface area (Å²) >= 11 is 1.70. The van der Waals surface area contributed by atoms with Crippen LogP contribution >= 0.6 is 35.3 Å². The number of nitrogens with one attached hydrogen (secondary N) is 2. The zero-order valence-corrected chi connectivity index (χ0v) is 19.7. The summed E-state index contributed by atoms with van der Waals surface area (Å²) in [6.45, 7) is 2.86. The van der Waals surface area contributed by atoms with Crippen LogP contribution in [0.15, 0.2) is 34.6 Å². The summed E-state index contributed by atoms with van der Waals surface area (Å²) in [5.74, 6) is 1.87. The van der Waals surface area contributed by atoms with Crippen LogP contribution in [0.25, 0.3) is 0 Å². The van der Waals surface area contributed by atoms with E-state index in [2.05, 4.69) is 50.3 Å². The van der Waals surface area contributed by atoms with Gasteiger partial charge in [-0.25, -0.2) is 4.98 Å². The number of benzene rings is 1. The summed E-state index contributed by atoms with van der Waals surface area (Å²) in [5, 5.41) is 10.3. The molecule has 0 bridgehead atoms. The number of halogens is 1. The second kappa shape index (κ2) is 9.43. The van der Waals surface area contributed by atoms with E-state index in [-0.39, 0.29) is 35.6 Å². The quantitative estimate of drug-likeness (QED) is 0.357. The first-order chi connectivity index (χ1) is 13.2. The number of thiazole rings is 1. The standard InChI is InChI=1S/C21H28N4OS.HI/c1-15-24-16(14-27-15)9-12-23-20(22-2)25-18-13-21(10-5-6-11-21)26-19-8-4-3-7-17(18)19;/h3-4,7-8,14,18H,5-6,9-13H2,1-2H3,(H2,22,23,25);1H. The number of aliphatic imine (C=N–C) groups is 1. The Bertz CT molecular complexity index is 816. The first-order valence-corrected chi connectivity index (χ1v) is 10.7. The number of aromatic nitrogens is 1. The van der Waals surface area contributed by atoms with Crippen LogP contribution in [-0.4, -0.2) is 30.1 Å². The Hall–Kier alpha value is -1.35. The summed E-state index contributed by atoms with van der Waals surface area (Å²) in [4.78, 5) is 8.97. The first-order valence-electron chi connectivity index (χ1n) is 9.84. The molecule has 28 heavy (non-hydrogen) atoms. The van der Waals surface area contributed by atoms with Crippen molar-refractivity contribution in [1.29, 1.82) is 0 Å². The molecule has 1 aromatic carbocycles. The Kier molecular flexibility index (Phi) is 7.20. The Labute approximate surface area is 188 Å².